The van der Waals surface area contributed by atoms with Gasteiger partial charge in [-0.3, -0.25) is 14.4 Å². The predicted octanol–water partition coefficient (Wildman–Crippen LogP) is 3.77. The Morgan fingerprint density at radius 1 is 1.10 bits per heavy atom. The quantitative estimate of drug-likeness (QED) is 0.785. The fourth-order valence-electron chi connectivity index (χ4n) is 4.30. The van der Waals surface area contributed by atoms with Gasteiger partial charge in [0, 0.05) is 41.8 Å². The van der Waals surface area contributed by atoms with Gasteiger partial charge in [0.05, 0.1) is 11.6 Å². The average Bonchev–Trinajstić information content (AvgIpc) is 3.40. The zero-order valence-electron chi connectivity index (χ0n) is 16.7. The van der Waals surface area contributed by atoms with Crippen molar-refractivity contribution in [2.24, 2.45) is 11.8 Å². The fourth-order valence-corrected chi connectivity index (χ4v) is 4.47. The normalized spacial score (nSPS) is 20.2. The summed E-state index contributed by atoms with van der Waals surface area (Å²) in [6.45, 7) is 0.884. The van der Waals surface area contributed by atoms with Crippen molar-refractivity contribution in [2.75, 3.05) is 28.2 Å². The number of halogens is 2. The second-order valence-electron chi connectivity index (χ2n) is 8.35. The van der Waals surface area contributed by atoms with E-state index in [9.17, 15) is 18.8 Å². The number of rotatable bonds is 4. The van der Waals surface area contributed by atoms with Gasteiger partial charge in [0.25, 0.3) is 0 Å². The third kappa shape index (κ3) is 3.78. The Morgan fingerprint density at radius 3 is 2.68 bits per heavy atom. The summed E-state index contributed by atoms with van der Waals surface area (Å²) in [6, 6.07) is 9.58. The Bertz CT molecular complexity index is 1100. The summed E-state index contributed by atoms with van der Waals surface area (Å²) < 4.78 is 13.9. The lowest BCUT2D eigenvalue weighted by molar-refractivity contribution is -0.122. The first kappa shape index (κ1) is 20.0. The number of benzene rings is 2. The largest absolute Gasteiger partial charge is 0.323 e. The second-order valence-corrected chi connectivity index (χ2v) is 8.78. The van der Waals surface area contributed by atoms with Crippen molar-refractivity contribution < 1.29 is 18.8 Å². The molecule has 31 heavy (non-hydrogen) atoms. The molecule has 3 aliphatic rings. The van der Waals surface area contributed by atoms with Crippen molar-refractivity contribution in [3.05, 3.63) is 52.8 Å². The molecule has 2 aromatic rings. The van der Waals surface area contributed by atoms with E-state index in [2.05, 4.69) is 5.32 Å². The highest BCUT2D eigenvalue weighted by molar-refractivity contribution is 6.30. The van der Waals surface area contributed by atoms with Gasteiger partial charge in [-0.05, 0) is 61.2 Å². The lowest BCUT2D eigenvalue weighted by Gasteiger charge is -2.20. The molecular weight excluding hydrogens is 421 g/mol. The fraction of sp³-hybridized carbons (Fsp3) is 0.348. The molecule has 3 amide bonds. The van der Waals surface area contributed by atoms with Gasteiger partial charge in [-0.1, -0.05) is 11.6 Å². The van der Waals surface area contributed by atoms with E-state index in [1.807, 2.05) is 23.1 Å². The number of hydrogen-bond acceptors (Lipinski definition) is 3. The van der Waals surface area contributed by atoms with Gasteiger partial charge in [-0.25, -0.2) is 4.39 Å². The van der Waals surface area contributed by atoms with Gasteiger partial charge in [0.1, 0.15) is 5.82 Å². The summed E-state index contributed by atoms with van der Waals surface area (Å²) in [5.74, 6) is -1.40. The van der Waals surface area contributed by atoms with Crippen LogP contribution in [0.25, 0.3) is 0 Å². The van der Waals surface area contributed by atoms with Gasteiger partial charge in [-0.15, -0.1) is 0 Å². The highest BCUT2D eigenvalue weighted by Gasteiger charge is 2.38. The van der Waals surface area contributed by atoms with Crippen LogP contribution in [-0.2, 0) is 20.8 Å². The van der Waals surface area contributed by atoms with E-state index in [4.69, 9.17) is 11.6 Å². The summed E-state index contributed by atoms with van der Waals surface area (Å²) >= 11 is 5.88. The van der Waals surface area contributed by atoms with Crippen molar-refractivity contribution in [1.82, 2.24) is 0 Å². The highest BCUT2D eigenvalue weighted by Crippen LogP contribution is 2.38. The van der Waals surface area contributed by atoms with Crippen LogP contribution in [0.3, 0.4) is 0 Å². The van der Waals surface area contributed by atoms with E-state index in [0.717, 1.165) is 30.5 Å². The number of fused-ring (bicyclic) bond motifs is 1. The molecule has 2 aliphatic heterocycles. The molecule has 1 saturated heterocycles. The lowest BCUT2D eigenvalue weighted by atomic mass is 10.1. The monoisotopic (exact) mass is 441 g/mol. The summed E-state index contributed by atoms with van der Waals surface area (Å²) in [4.78, 5) is 41.1. The molecule has 0 bridgehead atoms. The van der Waals surface area contributed by atoms with E-state index in [0.29, 0.717) is 17.3 Å². The van der Waals surface area contributed by atoms with E-state index in [-0.39, 0.29) is 36.4 Å². The minimum atomic E-state index is -0.591. The van der Waals surface area contributed by atoms with E-state index in [1.54, 1.807) is 4.90 Å². The molecule has 1 aliphatic carbocycles. The summed E-state index contributed by atoms with van der Waals surface area (Å²) in [6.07, 6.45) is 2.74. The molecule has 2 heterocycles. The SMILES string of the molecule is O=C(Nc1cc(Cl)ccc1F)[C@@H]1CC(=O)N(c2ccc3c(c2)CCN3C(=O)C2CC2)C1. The maximum atomic E-state index is 13.9. The maximum Gasteiger partial charge on any atom is 0.230 e. The number of nitrogens with one attached hydrogen (secondary N) is 1. The Morgan fingerprint density at radius 2 is 1.90 bits per heavy atom. The van der Waals surface area contributed by atoms with Crippen molar-refractivity contribution in [2.45, 2.75) is 25.7 Å². The first-order valence-corrected chi connectivity index (χ1v) is 10.8. The molecule has 0 spiro atoms. The third-order valence-electron chi connectivity index (χ3n) is 6.15. The summed E-state index contributed by atoms with van der Waals surface area (Å²) in [5, 5.41) is 2.85. The Kier molecular flexibility index (Phi) is 4.93. The summed E-state index contributed by atoms with van der Waals surface area (Å²) in [7, 11) is 0. The Hall–Kier alpha value is -2.93. The zero-order chi connectivity index (χ0) is 21.7. The smallest absolute Gasteiger partial charge is 0.230 e. The molecule has 1 atom stereocenters. The van der Waals surface area contributed by atoms with Gasteiger partial charge in [0.2, 0.25) is 17.7 Å². The molecule has 6 nitrogen and oxygen atoms in total. The van der Waals surface area contributed by atoms with Crippen molar-refractivity contribution in [1.29, 1.82) is 0 Å². The molecule has 2 aromatic carbocycles. The van der Waals surface area contributed by atoms with E-state index >= 15 is 0 Å². The molecule has 0 radical (unpaired) electrons. The van der Waals surface area contributed by atoms with Crippen LogP contribution in [0.15, 0.2) is 36.4 Å². The van der Waals surface area contributed by atoms with Crippen molar-refractivity contribution in [3.8, 4) is 0 Å². The van der Waals surface area contributed by atoms with Gasteiger partial charge >= 0.3 is 0 Å². The number of nitrogens with zero attached hydrogens (tertiary/aromatic N) is 2. The molecule has 8 heteroatoms. The molecular formula is C23H21ClFN3O3. The average molecular weight is 442 g/mol. The molecule has 5 rings (SSSR count). The van der Waals surface area contributed by atoms with Crippen molar-refractivity contribution >= 4 is 46.4 Å². The second kappa shape index (κ2) is 7.64. The topological polar surface area (TPSA) is 69.7 Å². The highest BCUT2D eigenvalue weighted by atomic mass is 35.5. The van der Waals surface area contributed by atoms with Crippen LogP contribution in [0, 0.1) is 17.7 Å². The van der Waals surface area contributed by atoms with Crippen LogP contribution in [0.2, 0.25) is 5.02 Å². The first-order chi connectivity index (χ1) is 14.9. The zero-order valence-corrected chi connectivity index (χ0v) is 17.5. The van der Waals surface area contributed by atoms with Crippen LogP contribution in [0.5, 0.6) is 0 Å². The maximum absolute atomic E-state index is 13.9. The lowest BCUT2D eigenvalue weighted by Crippen LogP contribution is -2.30. The minimum Gasteiger partial charge on any atom is -0.323 e. The molecule has 0 aromatic heterocycles. The van der Waals surface area contributed by atoms with Crippen LogP contribution < -0.4 is 15.1 Å². The molecule has 1 saturated carbocycles. The van der Waals surface area contributed by atoms with E-state index < -0.39 is 17.6 Å². The van der Waals surface area contributed by atoms with Crippen molar-refractivity contribution in [3.63, 3.8) is 0 Å². The predicted molar refractivity (Wildman–Crippen MR) is 116 cm³/mol. The minimum absolute atomic E-state index is 0.00125. The first-order valence-electron chi connectivity index (χ1n) is 10.4. The Labute approximate surface area is 184 Å². The molecule has 0 unspecified atom stereocenters. The van der Waals surface area contributed by atoms with Gasteiger partial charge in [0.15, 0.2) is 0 Å². The number of carbonyl (C=O) groups is 3. The molecule has 1 N–H and O–H groups in total. The van der Waals surface area contributed by atoms with E-state index in [1.165, 1.54) is 18.2 Å². The van der Waals surface area contributed by atoms with Crippen LogP contribution >= 0.6 is 11.6 Å². The van der Waals surface area contributed by atoms with Crippen LogP contribution in [-0.4, -0.2) is 30.8 Å². The standard InChI is InChI=1S/C23H21ClFN3O3/c24-16-3-5-18(25)19(11-16)26-22(30)15-10-21(29)28(12-15)17-4-6-20-14(9-17)7-8-27(20)23(31)13-1-2-13/h3-6,9,11,13,15H,1-2,7-8,10,12H2,(H,26,30)/t15-/m1/s1. The number of carbonyl (C=O) groups excluding carboxylic acids is 3. The summed E-state index contributed by atoms with van der Waals surface area (Å²) in [5.41, 5.74) is 2.67. The van der Waals surface area contributed by atoms with Gasteiger partial charge < -0.3 is 15.1 Å². The Balaban J connectivity index is 1.30. The molecule has 2 fully saturated rings. The van der Waals surface area contributed by atoms with Crippen LogP contribution in [0.1, 0.15) is 24.8 Å². The number of anilines is 3. The molecule has 160 valence electrons. The third-order valence-corrected chi connectivity index (χ3v) is 6.38. The number of hydrogen-bond donors (Lipinski definition) is 1. The number of amides is 3. The van der Waals surface area contributed by atoms with Gasteiger partial charge in [-0.2, -0.15) is 0 Å². The van der Waals surface area contributed by atoms with Crippen LogP contribution in [0.4, 0.5) is 21.5 Å².